The van der Waals surface area contributed by atoms with Gasteiger partial charge < -0.3 is 9.30 Å². The van der Waals surface area contributed by atoms with Gasteiger partial charge in [-0.15, -0.1) is 0 Å². The van der Waals surface area contributed by atoms with Gasteiger partial charge in [0, 0.05) is 0 Å². The zero-order valence-electron chi connectivity index (χ0n) is 9.36. The normalized spacial score (nSPS) is 11.8. The number of hydrogen-bond donors (Lipinski definition) is 0. The molecule has 0 aliphatic rings. The molecule has 18 heavy (non-hydrogen) atoms. The molecule has 0 atom stereocenters. The van der Waals surface area contributed by atoms with Crippen LogP contribution < -0.4 is 0 Å². The first-order chi connectivity index (χ1) is 8.42. The van der Waals surface area contributed by atoms with Gasteiger partial charge in [-0.05, 0) is 12.1 Å². The summed E-state index contributed by atoms with van der Waals surface area (Å²) in [5.74, 6) is -1.24. The molecule has 1 aromatic carbocycles. The second-order valence-electron chi connectivity index (χ2n) is 3.62. The number of hydrogen-bond acceptors (Lipinski definition) is 3. The van der Waals surface area contributed by atoms with E-state index in [1.54, 1.807) is 12.1 Å². The molecule has 1 aromatic heterocycles. The monoisotopic (exact) mass is 258 g/mol. The van der Waals surface area contributed by atoms with E-state index in [0.717, 1.165) is 11.7 Å². The van der Waals surface area contributed by atoms with Crippen molar-refractivity contribution in [1.82, 2.24) is 9.55 Å². The van der Waals surface area contributed by atoms with E-state index in [4.69, 9.17) is 0 Å². The summed E-state index contributed by atoms with van der Waals surface area (Å²) in [6.07, 6.45) is -4.44. The first-order valence-electron chi connectivity index (χ1n) is 5.03. The van der Waals surface area contributed by atoms with E-state index in [1.165, 1.54) is 12.1 Å². The number of rotatable bonds is 2. The molecule has 0 unspecified atom stereocenters. The molecule has 0 aliphatic heterocycles. The highest BCUT2D eigenvalue weighted by atomic mass is 19.4. The van der Waals surface area contributed by atoms with Crippen LogP contribution in [0.25, 0.3) is 11.0 Å². The summed E-state index contributed by atoms with van der Waals surface area (Å²) < 4.78 is 42.7. The van der Waals surface area contributed by atoms with Gasteiger partial charge in [-0.25, -0.2) is 9.78 Å². The smallest absolute Gasteiger partial charge is 0.406 e. The van der Waals surface area contributed by atoms with Gasteiger partial charge in [-0.3, -0.25) is 0 Å². The number of carbonyl (C=O) groups excluding carboxylic acids is 1. The zero-order chi connectivity index (χ0) is 13.3. The largest absolute Gasteiger partial charge is 0.463 e. The molecule has 0 saturated heterocycles. The van der Waals surface area contributed by atoms with E-state index >= 15 is 0 Å². The second-order valence-corrected chi connectivity index (χ2v) is 3.62. The highest BCUT2D eigenvalue weighted by molar-refractivity contribution is 5.91. The first kappa shape index (κ1) is 12.4. The maximum atomic E-state index is 12.5. The minimum Gasteiger partial charge on any atom is -0.463 e. The van der Waals surface area contributed by atoms with E-state index in [9.17, 15) is 18.0 Å². The van der Waals surface area contributed by atoms with Crippen molar-refractivity contribution in [2.75, 3.05) is 7.11 Å². The number of halogens is 3. The summed E-state index contributed by atoms with van der Waals surface area (Å²) in [5, 5.41) is 0. The fourth-order valence-corrected chi connectivity index (χ4v) is 1.66. The number of aromatic nitrogens is 2. The highest BCUT2D eigenvalue weighted by Gasteiger charge is 2.31. The number of ether oxygens (including phenoxy) is 1. The number of alkyl halides is 3. The van der Waals surface area contributed by atoms with Crippen molar-refractivity contribution in [3.63, 3.8) is 0 Å². The Kier molecular flexibility index (Phi) is 2.98. The minimum absolute atomic E-state index is 0.246. The minimum atomic E-state index is -4.44. The van der Waals surface area contributed by atoms with Crippen LogP contribution in [0.3, 0.4) is 0 Å². The molecular formula is C11H9F3N2O2. The number of fused-ring (bicyclic) bond motifs is 1. The van der Waals surface area contributed by atoms with Crippen LogP contribution >= 0.6 is 0 Å². The van der Waals surface area contributed by atoms with Gasteiger partial charge in [-0.2, -0.15) is 13.2 Å². The molecule has 7 heteroatoms. The third kappa shape index (κ3) is 2.29. The van der Waals surface area contributed by atoms with Crippen molar-refractivity contribution < 1.29 is 22.7 Å². The Morgan fingerprint density at radius 1 is 1.39 bits per heavy atom. The highest BCUT2D eigenvalue weighted by Crippen LogP contribution is 2.23. The van der Waals surface area contributed by atoms with Crippen molar-refractivity contribution in [2.24, 2.45) is 0 Å². The molecule has 4 nitrogen and oxygen atoms in total. The van der Waals surface area contributed by atoms with Gasteiger partial charge >= 0.3 is 12.1 Å². The number of methoxy groups -OCH3 is 1. The topological polar surface area (TPSA) is 44.1 Å². The van der Waals surface area contributed by atoms with Gasteiger partial charge in [0.25, 0.3) is 0 Å². The lowest BCUT2D eigenvalue weighted by atomic mass is 10.3. The van der Waals surface area contributed by atoms with Gasteiger partial charge in [0.2, 0.25) is 5.82 Å². The fraction of sp³-hybridized carbons (Fsp3) is 0.273. The quantitative estimate of drug-likeness (QED) is 0.777. The Bertz CT molecular complexity index is 589. The third-order valence-electron chi connectivity index (χ3n) is 2.36. The molecule has 0 bridgehead atoms. The van der Waals surface area contributed by atoms with Crippen LogP contribution in [0.5, 0.6) is 0 Å². The van der Waals surface area contributed by atoms with E-state index in [-0.39, 0.29) is 11.3 Å². The maximum absolute atomic E-state index is 12.5. The number of benzene rings is 1. The standard InChI is InChI=1S/C11H9F3N2O2/c1-18-10(17)9-15-7-4-2-3-5-8(7)16(9)6-11(12,13)14/h2-5H,6H2,1H3. The predicted octanol–water partition coefficient (Wildman–Crippen LogP) is 2.39. The van der Waals surface area contributed by atoms with Crippen molar-refractivity contribution >= 4 is 17.0 Å². The van der Waals surface area contributed by atoms with Crippen LogP contribution in [0.15, 0.2) is 24.3 Å². The fourth-order valence-electron chi connectivity index (χ4n) is 1.66. The molecule has 0 N–H and O–H groups in total. The molecule has 0 saturated carbocycles. The Morgan fingerprint density at radius 3 is 2.67 bits per heavy atom. The van der Waals surface area contributed by atoms with Crippen LogP contribution in [0.1, 0.15) is 10.6 Å². The summed E-state index contributed by atoms with van der Waals surface area (Å²) in [7, 11) is 1.10. The molecule has 2 rings (SSSR count). The SMILES string of the molecule is COC(=O)c1nc2ccccc2n1CC(F)(F)F. The average Bonchev–Trinajstić information content (AvgIpc) is 2.65. The van der Waals surface area contributed by atoms with Crippen LogP contribution in [0.4, 0.5) is 13.2 Å². The summed E-state index contributed by atoms with van der Waals surface area (Å²) in [4.78, 5) is 15.3. The lowest BCUT2D eigenvalue weighted by molar-refractivity contribution is -0.140. The maximum Gasteiger partial charge on any atom is 0.406 e. The number of imidazole rings is 1. The van der Waals surface area contributed by atoms with Crippen LogP contribution in [0.2, 0.25) is 0 Å². The van der Waals surface area contributed by atoms with E-state index in [2.05, 4.69) is 9.72 Å². The van der Waals surface area contributed by atoms with Crippen molar-refractivity contribution in [3.05, 3.63) is 30.1 Å². The van der Waals surface area contributed by atoms with E-state index < -0.39 is 18.7 Å². The second kappa shape index (κ2) is 4.32. The first-order valence-corrected chi connectivity index (χ1v) is 5.03. The number of esters is 1. The lowest BCUT2D eigenvalue weighted by Gasteiger charge is -2.10. The molecule has 0 fully saturated rings. The average molecular weight is 258 g/mol. The van der Waals surface area contributed by atoms with E-state index in [1.807, 2.05) is 0 Å². The summed E-state index contributed by atoms with van der Waals surface area (Å²) in [6.45, 7) is -1.28. The van der Waals surface area contributed by atoms with Gasteiger partial charge in [-0.1, -0.05) is 12.1 Å². The molecular weight excluding hydrogens is 249 g/mol. The molecule has 0 aliphatic carbocycles. The van der Waals surface area contributed by atoms with Crippen LogP contribution in [-0.2, 0) is 11.3 Å². The predicted molar refractivity (Wildman–Crippen MR) is 57.1 cm³/mol. The Morgan fingerprint density at radius 2 is 2.06 bits per heavy atom. The molecule has 2 aromatic rings. The molecule has 96 valence electrons. The number of nitrogens with zero attached hydrogens (tertiary/aromatic N) is 2. The van der Waals surface area contributed by atoms with Gasteiger partial charge in [0.05, 0.1) is 18.1 Å². The van der Waals surface area contributed by atoms with Gasteiger partial charge in [0.1, 0.15) is 6.54 Å². The van der Waals surface area contributed by atoms with Gasteiger partial charge in [0.15, 0.2) is 0 Å². The van der Waals surface area contributed by atoms with Crippen LogP contribution in [-0.4, -0.2) is 28.8 Å². The summed E-state index contributed by atoms with van der Waals surface area (Å²) in [5.41, 5.74) is 0.567. The number of para-hydroxylation sites is 2. The van der Waals surface area contributed by atoms with Crippen LogP contribution in [0, 0.1) is 0 Å². The molecule has 0 amide bonds. The molecule has 0 radical (unpaired) electrons. The summed E-state index contributed by atoms with van der Waals surface area (Å²) >= 11 is 0. The Labute approximate surface area is 100.0 Å². The Balaban J connectivity index is 2.61. The Hall–Kier alpha value is -2.05. The van der Waals surface area contributed by atoms with Crippen molar-refractivity contribution in [1.29, 1.82) is 0 Å². The zero-order valence-corrected chi connectivity index (χ0v) is 9.36. The third-order valence-corrected chi connectivity index (χ3v) is 2.36. The number of carbonyl (C=O) groups is 1. The lowest BCUT2D eigenvalue weighted by Crippen LogP contribution is -2.21. The van der Waals surface area contributed by atoms with E-state index in [0.29, 0.717) is 5.52 Å². The van der Waals surface area contributed by atoms with Crippen molar-refractivity contribution in [2.45, 2.75) is 12.7 Å². The molecule has 0 spiro atoms. The van der Waals surface area contributed by atoms with Crippen molar-refractivity contribution in [3.8, 4) is 0 Å². The molecule has 1 heterocycles. The summed E-state index contributed by atoms with van der Waals surface area (Å²) in [6, 6.07) is 6.22.